The molecule has 1 aromatic carbocycles. The Hall–Kier alpha value is -3.17. The van der Waals surface area contributed by atoms with Crippen LogP contribution in [0.1, 0.15) is 10.5 Å². The van der Waals surface area contributed by atoms with Gasteiger partial charge in [0.2, 0.25) is 0 Å². The predicted molar refractivity (Wildman–Crippen MR) is 73.1 cm³/mol. The van der Waals surface area contributed by atoms with Crippen LogP contribution in [0.3, 0.4) is 0 Å². The van der Waals surface area contributed by atoms with Crippen molar-refractivity contribution < 1.29 is 18.3 Å². The van der Waals surface area contributed by atoms with Crippen LogP contribution in [0.5, 0.6) is 5.75 Å². The van der Waals surface area contributed by atoms with Crippen LogP contribution in [0.25, 0.3) is 0 Å². The molecule has 0 bridgehead atoms. The summed E-state index contributed by atoms with van der Waals surface area (Å²) in [5.74, 6) is -1.05. The second-order valence-electron chi connectivity index (χ2n) is 4.06. The van der Waals surface area contributed by atoms with E-state index < -0.39 is 35.1 Å². The molecule has 1 heterocycles. The van der Waals surface area contributed by atoms with Crippen molar-refractivity contribution in [2.24, 2.45) is 0 Å². The minimum Gasteiger partial charge on any atom is -0.435 e. The molecule has 0 aliphatic heterocycles. The molecule has 0 aliphatic carbocycles. The van der Waals surface area contributed by atoms with Gasteiger partial charge in [-0.25, -0.2) is 4.79 Å². The second kappa shape index (κ2) is 6.08. The topological polar surface area (TPSA) is 130 Å². The zero-order valence-corrected chi connectivity index (χ0v) is 10.9. The Kier molecular flexibility index (Phi) is 4.20. The average Bonchev–Trinajstić information content (AvgIpc) is 2.42. The van der Waals surface area contributed by atoms with E-state index in [-0.39, 0.29) is 11.4 Å². The number of hydrogen-bond acceptors (Lipinski definition) is 5. The van der Waals surface area contributed by atoms with Gasteiger partial charge < -0.3 is 20.8 Å². The van der Waals surface area contributed by atoms with Crippen LogP contribution in [0.2, 0.25) is 0 Å². The Morgan fingerprint density at radius 3 is 2.68 bits per heavy atom. The lowest BCUT2D eigenvalue weighted by Crippen LogP contribution is -2.30. The van der Waals surface area contributed by atoms with E-state index in [4.69, 9.17) is 5.73 Å². The molecule has 1 aromatic heterocycles. The maximum atomic E-state index is 12.1. The summed E-state index contributed by atoms with van der Waals surface area (Å²) in [5, 5.41) is 2.30. The van der Waals surface area contributed by atoms with Crippen LogP contribution >= 0.6 is 0 Å². The lowest BCUT2D eigenvalue weighted by atomic mass is 10.2. The zero-order chi connectivity index (χ0) is 16.3. The molecule has 8 nitrogen and oxygen atoms in total. The maximum Gasteiger partial charge on any atom is 0.387 e. The fourth-order valence-electron chi connectivity index (χ4n) is 1.62. The number of nitrogen functional groups attached to an aromatic ring is 1. The first-order valence-corrected chi connectivity index (χ1v) is 5.85. The number of halogens is 2. The van der Waals surface area contributed by atoms with Crippen LogP contribution in [0, 0.1) is 0 Å². The van der Waals surface area contributed by atoms with Gasteiger partial charge in [0.25, 0.3) is 11.5 Å². The molecule has 22 heavy (non-hydrogen) atoms. The summed E-state index contributed by atoms with van der Waals surface area (Å²) >= 11 is 0. The summed E-state index contributed by atoms with van der Waals surface area (Å²) in [6.45, 7) is -3.01. The number of carbonyl (C=O) groups is 1. The van der Waals surface area contributed by atoms with E-state index in [2.05, 4.69) is 15.0 Å². The van der Waals surface area contributed by atoms with Gasteiger partial charge in [0.05, 0.1) is 0 Å². The van der Waals surface area contributed by atoms with E-state index in [9.17, 15) is 23.2 Å². The van der Waals surface area contributed by atoms with Crippen molar-refractivity contribution >= 4 is 17.3 Å². The highest BCUT2D eigenvalue weighted by Gasteiger charge is 2.15. The first-order valence-electron chi connectivity index (χ1n) is 5.85. The third kappa shape index (κ3) is 3.48. The summed E-state index contributed by atoms with van der Waals surface area (Å²) in [7, 11) is 0. The third-order valence-electron chi connectivity index (χ3n) is 2.52. The number of rotatable bonds is 4. The second-order valence-corrected chi connectivity index (χ2v) is 4.06. The van der Waals surface area contributed by atoms with E-state index in [0.717, 1.165) is 6.07 Å². The molecule has 0 fully saturated rings. The Labute approximate surface area is 120 Å². The monoisotopic (exact) mass is 312 g/mol. The van der Waals surface area contributed by atoms with Gasteiger partial charge >= 0.3 is 12.3 Å². The van der Waals surface area contributed by atoms with Crippen molar-refractivity contribution in [3.8, 4) is 5.75 Å². The fourth-order valence-corrected chi connectivity index (χ4v) is 1.62. The van der Waals surface area contributed by atoms with Crippen molar-refractivity contribution in [3.63, 3.8) is 0 Å². The molecule has 0 unspecified atom stereocenters. The highest BCUT2D eigenvalue weighted by molar-refractivity contribution is 6.06. The summed E-state index contributed by atoms with van der Waals surface area (Å²) < 4.78 is 28.4. The zero-order valence-electron chi connectivity index (χ0n) is 10.9. The third-order valence-corrected chi connectivity index (χ3v) is 2.52. The molecule has 0 saturated heterocycles. The molecular weight excluding hydrogens is 302 g/mol. The van der Waals surface area contributed by atoms with Crippen molar-refractivity contribution in [3.05, 3.63) is 50.8 Å². The molecule has 5 N–H and O–H groups in total. The lowest BCUT2D eigenvalue weighted by molar-refractivity contribution is -0.0497. The van der Waals surface area contributed by atoms with Crippen LogP contribution in [-0.4, -0.2) is 22.5 Å². The highest BCUT2D eigenvalue weighted by Crippen LogP contribution is 2.19. The predicted octanol–water partition coefficient (Wildman–Crippen LogP) is 0.499. The first-order chi connectivity index (χ1) is 10.4. The number of nitrogens with two attached hydrogens (primary N) is 1. The summed E-state index contributed by atoms with van der Waals surface area (Å²) in [4.78, 5) is 38.4. The normalized spacial score (nSPS) is 10.5. The lowest BCUT2D eigenvalue weighted by Gasteiger charge is -2.09. The van der Waals surface area contributed by atoms with Gasteiger partial charge in [0.1, 0.15) is 17.1 Å². The van der Waals surface area contributed by atoms with Gasteiger partial charge in [0, 0.05) is 11.8 Å². The van der Waals surface area contributed by atoms with Crippen molar-refractivity contribution in [2.45, 2.75) is 6.61 Å². The van der Waals surface area contributed by atoms with Crippen molar-refractivity contribution in [1.82, 2.24) is 9.97 Å². The van der Waals surface area contributed by atoms with Crippen LogP contribution in [-0.2, 0) is 0 Å². The van der Waals surface area contributed by atoms with E-state index in [1.54, 1.807) is 0 Å². The molecule has 10 heteroatoms. The number of nitrogens with one attached hydrogen (secondary N) is 3. The minimum atomic E-state index is -3.01. The number of anilines is 2. The number of aromatic nitrogens is 2. The molecule has 1 amide bonds. The highest BCUT2D eigenvalue weighted by atomic mass is 19.3. The van der Waals surface area contributed by atoms with Gasteiger partial charge in [-0.1, -0.05) is 6.07 Å². The minimum absolute atomic E-state index is 0.115. The van der Waals surface area contributed by atoms with Gasteiger partial charge in [-0.05, 0) is 12.1 Å². The van der Waals surface area contributed by atoms with Gasteiger partial charge in [-0.2, -0.15) is 8.78 Å². The molecule has 116 valence electrons. The Bertz CT molecular complexity index is 815. The van der Waals surface area contributed by atoms with E-state index in [0.29, 0.717) is 0 Å². The first kappa shape index (κ1) is 15.2. The molecular formula is C12H10F2N4O4. The van der Waals surface area contributed by atoms with Crippen molar-refractivity contribution in [1.29, 1.82) is 0 Å². The Morgan fingerprint density at radius 2 is 2.00 bits per heavy atom. The molecule has 0 saturated carbocycles. The number of benzene rings is 1. The fraction of sp³-hybridized carbons (Fsp3) is 0.0833. The number of aromatic amines is 2. The number of carbonyl (C=O) groups excluding carboxylic acids is 1. The molecule has 2 aromatic rings. The van der Waals surface area contributed by atoms with Crippen LogP contribution < -0.4 is 27.0 Å². The SMILES string of the molecule is Nc1c(C(=O)Nc2cccc(OC(F)F)c2)[nH]c(=O)[nH]c1=O. The molecule has 2 rings (SSSR count). The molecule has 0 atom stereocenters. The number of H-pyrrole nitrogens is 2. The largest absolute Gasteiger partial charge is 0.435 e. The van der Waals surface area contributed by atoms with Crippen LogP contribution in [0.15, 0.2) is 33.9 Å². The summed E-state index contributed by atoms with van der Waals surface area (Å²) in [5.41, 5.74) is 2.79. The molecule has 0 radical (unpaired) electrons. The summed E-state index contributed by atoms with van der Waals surface area (Å²) in [6.07, 6.45) is 0. The number of amides is 1. The summed E-state index contributed by atoms with van der Waals surface area (Å²) in [6, 6.07) is 5.19. The number of alkyl halides is 2. The van der Waals surface area contributed by atoms with E-state index in [1.165, 1.54) is 18.2 Å². The quantitative estimate of drug-likeness (QED) is 0.653. The van der Waals surface area contributed by atoms with Gasteiger partial charge in [-0.3, -0.25) is 14.6 Å². The van der Waals surface area contributed by atoms with Gasteiger partial charge in [0.15, 0.2) is 0 Å². The Balaban J connectivity index is 2.26. The average molecular weight is 312 g/mol. The molecule has 0 spiro atoms. The standard InChI is InChI=1S/C12H10F2N4O4/c13-11(14)22-6-3-1-2-5(4-6)16-10(20)8-7(15)9(19)18-12(21)17-8/h1-4,11H,15H2,(H,16,20)(H2,17,18,19,21). The smallest absolute Gasteiger partial charge is 0.387 e. The Morgan fingerprint density at radius 1 is 1.27 bits per heavy atom. The molecule has 0 aliphatic rings. The van der Waals surface area contributed by atoms with Crippen molar-refractivity contribution in [2.75, 3.05) is 11.1 Å². The van der Waals surface area contributed by atoms with E-state index in [1.807, 2.05) is 4.98 Å². The number of hydrogen-bond donors (Lipinski definition) is 4. The van der Waals surface area contributed by atoms with Crippen LogP contribution in [0.4, 0.5) is 20.2 Å². The maximum absolute atomic E-state index is 12.1. The van der Waals surface area contributed by atoms with Gasteiger partial charge in [-0.15, -0.1) is 0 Å². The van der Waals surface area contributed by atoms with E-state index >= 15 is 0 Å². The number of ether oxygens (including phenoxy) is 1.